The summed E-state index contributed by atoms with van der Waals surface area (Å²) in [5, 5.41) is 3.18. The zero-order valence-electron chi connectivity index (χ0n) is 7.22. The molecule has 2 heteroatoms. The van der Waals surface area contributed by atoms with E-state index in [1.165, 1.54) is 6.42 Å². The van der Waals surface area contributed by atoms with E-state index in [2.05, 4.69) is 24.3 Å². The van der Waals surface area contributed by atoms with Crippen LogP contribution in [0, 0.1) is 0 Å². The average Bonchev–Trinajstić information content (AvgIpc) is 1.87. The van der Waals surface area contributed by atoms with Gasteiger partial charge in [-0.2, -0.15) is 0 Å². The van der Waals surface area contributed by atoms with E-state index >= 15 is 0 Å². The summed E-state index contributed by atoms with van der Waals surface area (Å²) in [4.78, 5) is 2.19. The minimum absolute atomic E-state index is 1.07. The summed E-state index contributed by atoms with van der Waals surface area (Å²) in [7, 11) is 4.19. The fraction of sp³-hybridized carbons (Fsp3) is 0.750. The molecule has 0 unspecified atom stereocenters. The minimum Gasteiger partial charge on any atom is -0.391 e. The zero-order valence-corrected chi connectivity index (χ0v) is 7.22. The summed E-state index contributed by atoms with van der Waals surface area (Å²) >= 11 is 0. The molecule has 0 radical (unpaired) electrons. The molecule has 1 N–H and O–H groups in total. The first-order chi connectivity index (χ1) is 4.77. The normalized spacial score (nSPS) is 11.2. The summed E-state index contributed by atoms with van der Waals surface area (Å²) < 4.78 is 0. The highest BCUT2D eigenvalue weighted by Gasteiger charge is 1.86. The third kappa shape index (κ3) is 7.50. The number of hydrogen-bond donors (Lipinski definition) is 1. The van der Waals surface area contributed by atoms with Crippen LogP contribution in [0.15, 0.2) is 12.3 Å². The largest absolute Gasteiger partial charge is 0.391 e. The molecule has 0 aliphatic rings. The number of allylic oxidation sites excluding steroid dienone is 1. The molecule has 0 spiro atoms. The molecular weight excluding hydrogens is 124 g/mol. The lowest BCUT2D eigenvalue weighted by molar-refractivity contribution is 0.399. The maximum Gasteiger partial charge on any atom is 0.0153 e. The monoisotopic (exact) mass is 142 g/mol. The van der Waals surface area contributed by atoms with Gasteiger partial charge in [-0.3, -0.25) is 0 Å². The molecule has 10 heavy (non-hydrogen) atoms. The van der Waals surface area contributed by atoms with Crippen molar-refractivity contribution < 1.29 is 0 Å². The first kappa shape index (κ1) is 9.50. The Labute approximate surface area is 63.9 Å². The molecule has 0 heterocycles. The molecule has 0 aromatic rings. The number of nitrogens with zero attached hydrogens (tertiary/aromatic N) is 1. The van der Waals surface area contributed by atoms with Crippen molar-refractivity contribution in [2.75, 3.05) is 27.2 Å². The van der Waals surface area contributed by atoms with Crippen molar-refractivity contribution in [2.45, 2.75) is 13.3 Å². The summed E-state index contributed by atoms with van der Waals surface area (Å²) in [6.45, 7) is 4.24. The summed E-state index contributed by atoms with van der Waals surface area (Å²) in [6.07, 6.45) is 5.20. The van der Waals surface area contributed by atoms with Crippen LogP contribution in [0.25, 0.3) is 0 Å². The van der Waals surface area contributed by atoms with Crippen molar-refractivity contribution in [1.29, 1.82) is 0 Å². The van der Waals surface area contributed by atoms with Gasteiger partial charge < -0.3 is 10.2 Å². The first-order valence-corrected chi connectivity index (χ1v) is 3.76. The van der Waals surface area contributed by atoms with Crippen LogP contribution in [0.3, 0.4) is 0 Å². The highest BCUT2D eigenvalue weighted by Crippen LogP contribution is 1.79. The Morgan fingerprint density at radius 2 is 2.10 bits per heavy atom. The lowest BCUT2D eigenvalue weighted by atomic mass is 10.4. The molecule has 0 amide bonds. The SMILES string of the molecule is CC=CNCCCN(C)C. The van der Waals surface area contributed by atoms with E-state index < -0.39 is 0 Å². The number of rotatable bonds is 5. The Hall–Kier alpha value is -0.500. The Morgan fingerprint density at radius 1 is 1.40 bits per heavy atom. The van der Waals surface area contributed by atoms with E-state index in [1.807, 2.05) is 19.2 Å². The smallest absolute Gasteiger partial charge is 0.0153 e. The van der Waals surface area contributed by atoms with E-state index in [4.69, 9.17) is 0 Å². The highest BCUT2D eigenvalue weighted by molar-refractivity contribution is 4.73. The van der Waals surface area contributed by atoms with Gasteiger partial charge in [-0.1, -0.05) is 6.08 Å². The molecule has 0 saturated heterocycles. The lowest BCUT2D eigenvalue weighted by Crippen LogP contribution is -2.17. The van der Waals surface area contributed by atoms with E-state index in [-0.39, 0.29) is 0 Å². The Balaban J connectivity index is 2.91. The Bertz CT molecular complexity index is 87.3. The van der Waals surface area contributed by atoms with Crippen LogP contribution < -0.4 is 5.32 Å². The Morgan fingerprint density at radius 3 is 2.60 bits per heavy atom. The van der Waals surface area contributed by atoms with Gasteiger partial charge in [0.25, 0.3) is 0 Å². The van der Waals surface area contributed by atoms with E-state index in [0.29, 0.717) is 0 Å². The predicted octanol–water partition coefficient (Wildman–Crippen LogP) is 1.06. The third-order valence-corrected chi connectivity index (χ3v) is 1.21. The molecule has 0 bridgehead atoms. The van der Waals surface area contributed by atoms with Crippen molar-refractivity contribution in [2.24, 2.45) is 0 Å². The van der Waals surface area contributed by atoms with Crippen molar-refractivity contribution in [3.63, 3.8) is 0 Å². The molecule has 0 aliphatic carbocycles. The topological polar surface area (TPSA) is 15.3 Å². The summed E-state index contributed by atoms with van der Waals surface area (Å²) in [5.41, 5.74) is 0. The van der Waals surface area contributed by atoms with Gasteiger partial charge in [0.15, 0.2) is 0 Å². The molecule has 0 aromatic carbocycles. The van der Waals surface area contributed by atoms with E-state index in [0.717, 1.165) is 13.1 Å². The van der Waals surface area contributed by atoms with Gasteiger partial charge in [0.2, 0.25) is 0 Å². The van der Waals surface area contributed by atoms with Gasteiger partial charge >= 0.3 is 0 Å². The van der Waals surface area contributed by atoms with Crippen molar-refractivity contribution in [3.05, 3.63) is 12.3 Å². The lowest BCUT2D eigenvalue weighted by Gasteiger charge is -2.08. The molecule has 0 aromatic heterocycles. The first-order valence-electron chi connectivity index (χ1n) is 3.76. The second-order valence-electron chi connectivity index (χ2n) is 2.61. The van der Waals surface area contributed by atoms with Crippen molar-refractivity contribution in [3.8, 4) is 0 Å². The quantitative estimate of drug-likeness (QED) is 0.577. The molecule has 0 atom stereocenters. The van der Waals surface area contributed by atoms with Gasteiger partial charge in [-0.25, -0.2) is 0 Å². The third-order valence-electron chi connectivity index (χ3n) is 1.21. The number of hydrogen-bond acceptors (Lipinski definition) is 2. The minimum atomic E-state index is 1.07. The van der Waals surface area contributed by atoms with E-state index in [1.54, 1.807) is 0 Å². The molecule has 0 aliphatic heterocycles. The number of nitrogens with one attached hydrogen (secondary N) is 1. The molecular formula is C8H18N2. The van der Waals surface area contributed by atoms with Crippen LogP contribution >= 0.6 is 0 Å². The molecule has 2 nitrogen and oxygen atoms in total. The van der Waals surface area contributed by atoms with Crippen LogP contribution in [-0.4, -0.2) is 32.1 Å². The Kier molecular flexibility index (Phi) is 6.29. The van der Waals surface area contributed by atoms with Crippen LogP contribution in [0.5, 0.6) is 0 Å². The molecule has 60 valence electrons. The molecule has 0 saturated carbocycles. The standard InChI is InChI=1S/C8H18N2/c1-4-6-9-7-5-8-10(2)3/h4,6,9H,5,7-8H2,1-3H3. The van der Waals surface area contributed by atoms with Gasteiger partial charge in [0.1, 0.15) is 0 Å². The van der Waals surface area contributed by atoms with Gasteiger partial charge in [-0.15, -0.1) is 0 Å². The van der Waals surface area contributed by atoms with Gasteiger partial charge in [0.05, 0.1) is 0 Å². The molecule has 0 rings (SSSR count). The zero-order chi connectivity index (χ0) is 7.82. The predicted molar refractivity (Wildman–Crippen MR) is 46.0 cm³/mol. The summed E-state index contributed by atoms with van der Waals surface area (Å²) in [5.74, 6) is 0. The summed E-state index contributed by atoms with van der Waals surface area (Å²) in [6, 6.07) is 0. The van der Waals surface area contributed by atoms with Crippen LogP contribution in [0.1, 0.15) is 13.3 Å². The second-order valence-corrected chi connectivity index (χ2v) is 2.61. The average molecular weight is 142 g/mol. The second kappa shape index (κ2) is 6.62. The maximum atomic E-state index is 3.18. The van der Waals surface area contributed by atoms with Crippen LogP contribution in [0.4, 0.5) is 0 Å². The van der Waals surface area contributed by atoms with Gasteiger partial charge in [0, 0.05) is 6.54 Å². The van der Waals surface area contributed by atoms with Crippen LogP contribution in [-0.2, 0) is 0 Å². The maximum absolute atomic E-state index is 3.18. The van der Waals surface area contributed by atoms with Crippen LogP contribution in [0.2, 0.25) is 0 Å². The van der Waals surface area contributed by atoms with Crippen molar-refractivity contribution >= 4 is 0 Å². The fourth-order valence-electron chi connectivity index (χ4n) is 0.699. The highest BCUT2D eigenvalue weighted by atomic mass is 15.0. The fourth-order valence-corrected chi connectivity index (χ4v) is 0.699. The molecule has 0 fully saturated rings. The van der Waals surface area contributed by atoms with Gasteiger partial charge in [-0.05, 0) is 40.2 Å². The van der Waals surface area contributed by atoms with Crippen molar-refractivity contribution in [1.82, 2.24) is 10.2 Å². The van der Waals surface area contributed by atoms with E-state index in [9.17, 15) is 0 Å².